The molecule has 2 rings (SSSR count). The van der Waals surface area contributed by atoms with Gasteiger partial charge >= 0.3 is 0 Å². The molecule has 2 atom stereocenters. The van der Waals surface area contributed by atoms with Crippen LogP contribution in [0.15, 0.2) is 30.9 Å². The maximum absolute atomic E-state index is 14.0. The Labute approximate surface area is 119 Å². The van der Waals surface area contributed by atoms with Crippen molar-refractivity contribution in [3.8, 4) is 0 Å². The van der Waals surface area contributed by atoms with Crippen LogP contribution in [-0.4, -0.2) is 25.8 Å². The number of nitrogens with zero attached hydrogens (tertiary/aromatic N) is 3. The average Bonchev–Trinajstić information content (AvgIpc) is 2.89. The van der Waals surface area contributed by atoms with Crippen LogP contribution in [0.4, 0.5) is 8.78 Å². The number of hydrogen-bond acceptors (Lipinski definition) is 4. The molecule has 1 aromatic carbocycles. The molecule has 0 bridgehead atoms. The molecular weight excluding hydrogens is 282 g/mol. The second-order valence-electron chi connectivity index (χ2n) is 4.77. The molecule has 0 aliphatic carbocycles. The minimum atomic E-state index is -1.97. The molecule has 0 saturated heterocycles. The summed E-state index contributed by atoms with van der Waals surface area (Å²) >= 11 is 0. The molecule has 0 aliphatic heterocycles. The Balaban J connectivity index is 2.51. The highest BCUT2D eigenvalue weighted by Crippen LogP contribution is 2.33. The minimum Gasteiger partial charge on any atom is -0.382 e. The van der Waals surface area contributed by atoms with Crippen LogP contribution in [0, 0.1) is 17.6 Å². The fourth-order valence-electron chi connectivity index (χ4n) is 2.09. The molecule has 1 heterocycles. The Hall–Kier alpha value is -2.35. The van der Waals surface area contributed by atoms with Gasteiger partial charge in [0.15, 0.2) is 0 Å². The lowest BCUT2D eigenvalue weighted by atomic mass is 9.81. The molecule has 0 fully saturated rings. The van der Waals surface area contributed by atoms with Gasteiger partial charge in [0.2, 0.25) is 5.91 Å². The molecule has 8 heteroatoms. The van der Waals surface area contributed by atoms with Crippen molar-refractivity contribution in [3.05, 3.63) is 48.1 Å². The molecule has 0 radical (unpaired) electrons. The van der Waals surface area contributed by atoms with Crippen LogP contribution in [0.5, 0.6) is 0 Å². The van der Waals surface area contributed by atoms with E-state index in [0.717, 1.165) is 12.1 Å². The molecule has 0 spiro atoms. The highest BCUT2D eigenvalue weighted by atomic mass is 19.1. The topological polar surface area (TPSA) is 94.0 Å². The summed E-state index contributed by atoms with van der Waals surface area (Å²) < 4.78 is 28.3. The molecule has 21 heavy (non-hydrogen) atoms. The third-order valence-corrected chi connectivity index (χ3v) is 3.41. The van der Waals surface area contributed by atoms with Crippen LogP contribution in [-0.2, 0) is 16.9 Å². The summed E-state index contributed by atoms with van der Waals surface area (Å²) in [6, 6.07) is 2.72. The number of rotatable bonds is 5. The first-order valence-electron chi connectivity index (χ1n) is 6.14. The summed E-state index contributed by atoms with van der Waals surface area (Å²) in [5.41, 5.74) is 3.02. The summed E-state index contributed by atoms with van der Waals surface area (Å²) in [4.78, 5) is 15.2. The van der Waals surface area contributed by atoms with Crippen LogP contribution in [0.2, 0.25) is 0 Å². The lowest BCUT2D eigenvalue weighted by Gasteiger charge is -2.33. The lowest BCUT2D eigenvalue weighted by molar-refractivity contribution is -0.133. The van der Waals surface area contributed by atoms with Gasteiger partial charge in [-0.2, -0.15) is 5.10 Å². The van der Waals surface area contributed by atoms with Crippen molar-refractivity contribution in [1.82, 2.24) is 14.8 Å². The summed E-state index contributed by atoms with van der Waals surface area (Å²) in [5.74, 6) is -3.69. The van der Waals surface area contributed by atoms with Gasteiger partial charge in [-0.05, 0) is 6.07 Å². The molecule has 2 aromatic rings. The van der Waals surface area contributed by atoms with E-state index in [-0.39, 0.29) is 12.1 Å². The zero-order valence-corrected chi connectivity index (χ0v) is 11.2. The minimum absolute atomic E-state index is 0.231. The van der Waals surface area contributed by atoms with Gasteiger partial charge in [-0.3, -0.25) is 4.79 Å². The van der Waals surface area contributed by atoms with Gasteiger partial charge in [0.1, 0.15) is 29.9 Å². The van der Waals surface area contributed by atoms with Crippen molar-refractivity contribution in [2.24, 2.45) is 11.7 Å². The average molecular weight is 296 g/mol. The van der Waals surface area contributed by atoms with E-state index in [1.54, 1.807) is 0 Å². The van der Waals surface area contributed by atoms with Crippen LogP contribution in [0.1, 0.15) is 12.5 Å². The van der Waals surface area contributed by atoms with E-state index in [0.29, 0.717) is 6.07 Å². The summed E-state index contributed by atoms with van der Waals surface area (Å²) in [7, 11) is 0. The number of benzene rings is 1. The lowest BCUT2D eigenvalue weighted by Crippen LogP contribution is -2.45. The molecular formula is C13H14F2N4O2. The summed E-state index contributed by atoms with van der Waals surface area (Å²) in [6.45, 7) is 1.11. The number of carbonyl (C=O) groups excluding carboxylic acids is 1. The van der Waals surface area contributed by atoms with Gasteiger partial charge in [-0.1, -0.05) is 13.0 Å². The molecule has 3 N–H and O–H groups in total. The van der Waals surface area contributed by atoms with E-state index < -0.39 is 29.1 Å². The predicted molar refractivity (Wildman–Crippen MR) is 68.6 cm³/mol. The van der Waals surface area contributed by atoms with E-state index in [4.69, 9.17) is 5.73 Å². The maximum Gasteiger partial charge on any atom is 0.223 e. The number of primary amides is 1. The van der Waals surface area contributed by atoms with Crippen molar-refractivity contribution in [3.63, 3.8) is 0 Å². The Morgan fingerprint density at radius 1 is 1.52 bits per heavy atom. The molecule has 1 amide bonds. The van der Waals surface area contributed by atoms with Gasteiger partial charge in [0.25, 0.3) is 0 Å². The zero-order chi connectivity index (χ0) is 15.6. The van der Waals surface area contributed by atoms with Crippen LogP contribution in [0.3, 0.4) is 0 Å². The van der Waals surface area contributed by atoms with E-state index in [1.807, 2.05) is 0 Å². The zero-order valence-electron chi connectivity index (χ0n) is 11.2. The van der Waals surface area contributed by atoms with E-state index in [1.165, 1.54) is 24.3 Å². The summed E-state index contributed by atoms with van der Waals surface area (Å²) in [6.07, 6.45) is 2.54. The van der Waals surface area contributed by atoms with E-state index in [9.17, 15) is 18.7 Å². The van der Waals surface area contributed by atoms with Crippen molar-refractivity contribution in [2.75, 3.05) is 0 Å². The molecule has 0 aliphatic rings. The van der Waals surface area contributed by atoms with Gasteiger partial charge in [-0.25, -0.2) is 18.4 Å². The SMILES string of the molecule is C[C@@H](C(N)=O)C(O)(Cn1cncn1)c1ccc(F)cc1F. The molecule has 1 aromatic heterocycles. The quantitative estimate of drug-likeness (QED) is 0.843. The third-order valence-electron chi connectivity index (χ3n) is 3.41. The standard InChI is InChI=1S/C13H14F2N4O2/c1-8(12(16)20)13(21,5-19-7-17-6-18-19)10-3-2-9(14)4-11(10)15/h2-4,6-8,21H,5H2,1H3,(H2,16,20)/t8-,13?/m0/s1. The van der Waals surface area contributed by atoms with Crippen molar-refractivity contribution < 1.29 is 18.7 Å². The Morgan fingerprint density at radius 2 is 2.24 bits per heavy atom. The van der Waals surface area contributed by atoms with Gasteiger partial charge in [-0.15, -0.1) is 0 Å². The van der Waals surface area contributed by atoms with Gasteiger partial charge in [0, 0.05) is 11.6 Å². The monoisotopic (exact) mass is 296 g/mol. The normalized spacial score (nSPS) is 15.4. The second-order valence-corrected chi connectivity index (χ2v) is 4.77. The second kappa shape index (κ2) is 5.57. The maximum atomic E-state index is 14.0. The molecule has 6 nitrogen and oxygen atoms in total. The van der Waals surface area contributed by atoms with Crippen LogP contribution in [0.25, 0.3) is 0 Å². The smallest absolute Gasteiger partial charge is 0.223 e. The number of halogens is 2. The highest BCUT2D eigenvalue weighted by molar-refractivity contribution is 5.77. The Kier molecular flexibility index (Phi) is 3.99. The first-order valence-corrected chi connectivity index (χ1v) is 6.14. The summed E-state index contributed by atoms with van der Waals surface area (Å²) in [5, 5.41) is 14.6. The Bertz CT molecular complexity index is 648. The largest absolute Gasteiger partial charge is 0.382 e. The number of nitrogens with two attached hydrogens (primary N) is 1. The predicted octanol–water partition coefficient (Wildman–Crippen LogP) is 0.565. The van der Waals surface area contributed by atoms with Crippen molar-refractivity contribution >= 4 is 5.91 Å². The van der Waals surface area contributed by atoms with Crippen molar-refractivity contribution in [1.29, 1.82) is 0 Å². The van der Waals surface area contributed by atoms with E-state index in [2.05, 4.69) is 10.1 Å². The Morgan fingerprint density at radius 3 is 2.76 bits per heavy atom. The first kappa shape index (κ1) is 15.0. The van der Waals surface area contributed by atoms with Gasteiger partial charge in [0.05, 0.1) is 12.5 Å². The van der Waals surface area contributed by atoms with Gasteiger partial charge < -0.3 is 10.8 Å². The number of aliphatic hydroxyl groups is 1. The molecule has 1 unspecified atom stereocenters. The van der Waals surface area contributed by atoms with E-state index >= 15 is 0 Å². The van der Waals surface area contributed by atoms with Crippen LogP contribution < -0.4 is 5.73 Å². The number of hydrogen-bond donors (Lipinski definition) is 2. The first-order chi connectivity index (χ1) is 9.84. The number of carbonyl (C=O) groups is 1. The molecule has 112 valence electrons. The third kappa shape index (κ3) is 2.89. The van der Waals surface area contributed by atoms with Crippen molar-refractivity contribution in [2.45, 2.75) is 19.1 Å². The number of aromatic nitrogens is 3. The van der Waals surface area contributed by atoms with Crippen LogP contribution >= 0.6 is 0 Å². The fraction of sp³-hybridized carbons (Fsp3) is 0.308. The molecule has 0 saturated carbocycles. The highest BCUT2D eigenvalue weighted by Gasteiger charge is 2.41. The fourth-order valence-corrected chi connectivity index (χ4v) is 2.09. The number of amides is 1.